The lowest BCUT2D eigenvalue weighted by Gasteiger charge is -2.23. The molecule has 2 atom stereocenters. The van der Waals surface area contributed by atoms with Crippen LogP contribution < -0.4 is 5.73 Å². The third-order valence-electron chi connectivity index (χ3n) is 6.03. The molecule has 1 aliphatic carbocycles. The predicted molar refractivity (Wildman–Crippen MR) is 97.6 cm³/mol. The molecule has 2 heterocycles. The van der Waals surface area contributed by atoms with E-state index in [9.17, 15) is 31.1 Å². The number of rotatable bonds is 6. The molecule has 1 aromatic carbocycles. The van der Waals surface area contributed by atoms with Crippen molar-refractivity contribution in [3.8, 4) is 0 Å². The van der Waals surface area contributed by atoms with E-state index in [4.69, 9.17) is 10.3 Å². The van der Waals surface area contributed by atoms with Gasteiger partial charge in [0.05, 0.1) is 0 Å². The Morgan fingerprint density at radius 3 is 2.56 bits per heavy atom. The molecular formula is C20H20F6N4O2. The lowest BCUT2D eigenvalue weighted by atomic mass is 10.0. The van der Waals surface area contributed by atoms with E-state index in [1.54, 1.807) is 0 Å². The largest absolute Gasteiger partial charge is 0.401 e. The monoisotopic (exact) mass is 462 g/mol. The van der Waals surface area contributed by atoms with E-state index in [0.717, 1.165) is 0 Å². The average molecular weight is 462 g/mol. The summed E-state index contributed by atoms with van der Waals surface area (Å²) in [4.78, 5) is 18.1. The lowest BCUT2D eigenvalue weighted by molar-refractivity contribution is -0.162. The number of likely N-dealkylation sites (tertiary alicyclic amines) is 1. The third-order valence-corrected chi connectivity index (χ3v) is 6.03. The molecular weight excluding hydrogens is 442 g/mol. The summed E-state index contributed by atoms with van der Waals surface area (Å²) in [6, 6.07) is -0.459. The van der Waals surface area contributed by atoms with Crippen molar-refractivity contribution in [1.29, 1.82) is 0 Å². The first-order valence-electron chi connectivity index (χ1n) is 10.1. The highest BCUT2D eigenvalue weighted by Gasteiger charge is 2.67. The van der Waals surface area contributed by atoms with E-state index in [2.05, 4.69) is 10.1 Å². The summed E-state index contributed by atoms with van der Waals surface area (Å²) in [6.07, 6.45) is -4.14. The highest BCUT2D eigenvalue weighted by Crippen LogP contribution is 2.58. The van der Waals surface area contributed by atoms with Crippen molar-refractivity contribution in [2.24, 2.45) is 5.73 Å². The Hall–Kier alpha value is -2.63. The SMILES string of the molecule is N[C@@H](CC(=O)N1CCC[C@H]1c1nc(C2(C(F)(F)F)CC2)no1)Cc1cc(F)c(F)cc1F. The number of carbonyl (C=O) groups is 1. The molecule has 1 aromatic heterocycles. The molecule has 12 heteroatoms. The number of nitrogens with two attached hydrogens (primary N) is 1. The Labute approximate surface area is 178 Å². The van der Waals surface area contributed by atoms with Gasteiger partial charge in [0.2, 0.25) is 11.8 Å². The van der Waals surface area contributed by atoms with Gasteiger partial charge >= 0.3 is 6.18 Å². The van der Waals surface area contributed by atoms with Gasteiger partial charge in [-0.05, 0) is 43.7 Å². The van der Waals surface area contributed by atoms with Gasteiger partial charge in [0.25, 0.3) is 0 Å². The minimum absolute atomic E-state index is 0.0680. The summed E-state index contributed by atoms with van der Waals surface area (Å²) < 4.78 is 85.3. The van der Waals surface area contributed by atoms with Crippen molar-refractivity contribution in [2.75, 3.05) is 6.54 Å². The molecule has 0 bridgehead atoms. The number of hydrogen-bond acceptors (Lipinski definition) is 5. The summed E-state index contributed by atoms with van der Waals surface area (Å²) in [7, 11) is 0. The number of hydrogen-bond donors (Lipinski definition) is 1. The topological polar surface area (TPSA) is 85.3 Å². The van der Waals surface area contributed by atoms with Crippen LogP contribution in [0.5, 0.6) is 0 Å². The molecule has 1 saturated carbocycles. The van der Waals surface area contributed by atoms with Gasteiger partial charge < -0.3 is 15.2 Å². The zero-order chi connectivity index (χ0) is 23.3. The molecule has 2 aliphatic rings. The van der Waals surface area contributed by atoms with Crippen LogP contribution in [-0.4, -0.2) is 39.7 Å². The molecule has 0 spiro atoms. The zero-order valence-electron chi connectivity index (χ0n) is 16.8. The maximum atomic E-state index is 13.8. The van der Waals surface area contributed by atoms with E-state index >= 15 is 0 Å². The van der Waals surface area contributed by atoms with Crippen LogP contribution in [0.1, 0.15) is 55.4 Å². The molecule has 0 unspecified atom stereocenters. The highest BCUT2D eigenvalue weighted by molar-refractivity contribution is 5.77. The maximum Gasteiger partial charge on any atom is 0.401 e. The number of amides is 1. The standard InChI is InChI=1S/C20H20F6N4O2/c21-12-9-14(23)13(22)7-10(12)6-11(27)8-16(31)30-5-1-2-15(30)17-28-18(29-32-17)19(3-4-19)20(24,25)26/h7,9,11,15H,1-6,8,27H2/t11-,15+/m1/s1. The molecule has 4 rings (SSSR count). The fraction of sp³-hybridized carbons (Fsp3) is 0.550. The number of benzene rings is 1. The second-order valence-corrected chi connectivity index (χ2v) is 8.31. The van der Waals surface area contributed by atoms with Crippen molar-refractivity contribution < 1.29 is 35.7 Å². The molecule has 1 aliphatic heterocycles. The number of nitrogens with zero attached hydrogens (tertiary/aromatic N) is 3. The van der Waals surface area contributed by atoms with Gasteiger partial charge in [-0.15, -0.1) is 0 Å². The van der Waals surface area contributed by atoms with Crippen LogP contribution in [0, 0.1) is 17.5 Å². The first-order valence-corrected chi connectivity index (χ1v) is 10.1. The maximum absolute atomic E-state index is 13.8. The van der Waals surface area contributed by atoms with Crippen molar-refractivity contribution in [1.82, 2.24) is 15.0 Å². The predicted octanol–water partition coefficient (Wildman–Crippen LogP) is 3.70. The quantitative estimate of drug-likeness (QED) is 0.523. The second kappa shape index (κ2) is 8.05. The van der Waals surface area contributed by atoms with Crippen molar-refractivity contribution in [3.05, 3.63) is 46.9 Å². The van der Waals surface area contributed by atoms with Gasteiger partial charge in [-0.3, -0.25) is 4.79 Å². The molecule has 1 saturated heterocycles. The van der Waals surface area contributed by atoms with Crippen molar-refractivity contribution in [3.63, 3.8) is 0 Å². The number of alkyl halides is 3. The van der Waals surface area contributed by atoms with Crippen LogP contribution in [0.2, 0.25) is 0 Å². The number of halogens is 6. The van der Waals surface area contributed by atoms with E-state index in [-0.39, 0.29) is 37.1 Å². The normalized spacial score (nSPS) is 21.1. The lowest BCUT2D eigenvalue weighted by Crippen LogP contribution is -2.36. The van der Waals surface area contributed by atoms with Crippen molar-refractivity contribution >= 4 is 5.91 Å². The molecule has 174 valence electrons. The van der Waals surface area contributed by atoms with Crippen LogP contribution in [-0.2, 0) is 16.6 Å². The fourth-order valence-corrected chi connectivity index (χ4v) is 4.06. The molecule has 2 fully saturated rings. The van der Waals surface area contributed by atoms with E-state index in [1.807, 2.05) is 0 Å². The molecule has 2 N–H and O–H groups in total. The molecule has 1 amide bonds. The van der Waals surface area contributed by atoms with Gasteiger partial charge in [0, 0.05) is 25.1 Å². The smallest absolute Gasteiger partial charge is 0.337 e. The van der Waals surface area contributed by atoms with Crippen LogP contribution in [0.15, 0.2) is 16.7 Å². The third kappa shape index (κ3) is 4.07. The summed E-state index contributed by atoms with van der Waals surface area (Å²) in [6.45, 7) is 0.317. The number of aromatic nitrogens is 2. The van der Waals surface area contributed by atoms with Crippen LogP contribution in [0.4, 0.5) is 26.3 Å². The summed E-state index contributed by atoms with van der Waals surface area (Å²) >= 11 is 0. The van der Waals surface area contributed by atoms with Gasteiger partial charge in [0.15, 0.2) is 17.5 Å². The minimum atomic E-state index is -4.48. The molecule has 6 nitrogen and oxygen atoms in total. The first-order chi connectivity index (χ1) is 15.0. The summed E-state index contributed by atoms with van der Waals surface area (Å²) in [5, 5.41) is 3.52. The molecule has 0 radical (unpaired) electrons. The Morgan fingerprint density at radius 2 is 1.91 bits per heavy atom. The average Bonchev–Trinajstić information content (AvgIpc) is 3.16. The second-order valence-electron chi connectivity index (χ2n) is 8.31. The van der Waals surface area contributed by atoms with Gasteiger partial charge in [-0.2, -0.15) is 18.2 Å². The molecule has 2 aromatic rings. The Morgan fingerprint density at radius 1 is 1.22 bits per heavy atom. The summed E-state index contributed by atoms with van der Waals surface area (Å²) in [5.41, 5.74) is 3.68. The fourth-order valence-electron chi connectivity index (χ4n) is 4.06. The van der Waals surface area contributed by atoms with E-state index in [0.29, 0.717) is 31.5 Å². The van der Waals surface area contributed by atoms with E-state index in [1.165, 1.54) is 4.90 Å². The first kappa shape index (κ1) is 22.6. The molecule has 32 heavy (non-hydrogen) atoms. The van der Waals surface area contributed by atoms with Crippen LogP contribution in [0.3, 0.4) is 0 Å². The number of carbonyl (C=O) groups excluding carboxylic acids is 1. The Bertz CT molecular complexity index is 1020. The van der Waals surface area contributed by atoms with Gasteiger partial charge in [-0.25, -0.2) is 13.2 Å². The van der Waals surface area contributed by atoms with Crippen LogP contribution >= 0.6 is 0 Å². The Kier molecular flexibility index (Phi) is 5.68. The van der Waals surface area contributed by atoms with Gasteiger partial charge in [-0.1, -0.05) is 5.16 Å². The Balaban J connectivity index is 1.43. The minimum Gasteiger partial charge on any atom is -0.337 e. The van der Waals surface area contributed by atoms with Crippen LogP contribution in [0.25, 0.3) is 0 Å². The zero-order valence-corrected chi connectivity index (χ0v) is 16.8. The van der Waals surface area contributed by atoms with Gasteiger partial charge in [0.1, 0.15) is 17.3 Å². The highest BCUT2D eigenvalue weighted by atomic mass is 19.4. The summed E-state index contributed by atoms with van der Waals surface area (Å²) in [5.74, 6) is -4.44. The van der Waals surface area contributed by atoms with E-state index < -0.39 is 52.9 Å². The van der Waals surface area contributed by atoms with Crippen molar-refractivity contribution in [2.45, 2.75) is 62.2 Å².